The molecule has 2 heterocycles. The van der Waals surface area contributed by atoms with Crippen molar-refractivity contribution >= 4 is 10.8 Å². The Morgan fingerprint density at radius 2 is 0.830 bits per heavy atom. The summed E-state index contributed by atoms with van der Waals surface area (Å²) in [6.07, 6.45) is 1.85. The van der Waals surface area contributed by atoms with Gasteiger partial charge < -0.3 is 4.98 Å². The molecule has 9 aromatic rings. The standard InChI is InChI=1S/C48H31N4.Ir/c1-4-14-33(15-5-1)41-30-42(34-16-6-2-7-17-34)32-43(31-41)37-21-12-23-39(28-37)47-50-46(36-19-8-3-9-20-36)51-48(52-47)40-24-13-22-38(29-40)45-44-25-11-10-18-35(44)26-27-49-45;/h1-21,23-32H;/q-1;. The molecule has 0 aliphatic carbocycles. The normalized spacial score (nSPS) is 10.9. The van der Waals surface area contributed by atoms with Crippen LogP contribution in [0.2, 0.25) is 0 Å². The molecule has 0 saturated carbocycles. The molecule has 0 saturated heterocycles. The summed E-state index contributed by atoms with van der Waals surface area (Å²) >= 11 is 0. The van der Waals surface area contributed by atoms with Crippen LogP contribution >= 0.6 is 0 Å². The van der Waals surface area contributed by atoms with Gasteiger partial charge in [0.2, 0.25) is 0 Å². The molecule has 0 spiro atoms. The predicted octanol–water partition coefficient (Wildman–Crippen LogP) is 11.9. The molecule has 7 aromatic carbocycles. The van der Waals surface area contributed by atoms with Crippen LogP contribution in [-0.4, -0.2) is 19.9 Å². The van der Waals surface area contributed by atoms with Gasteiger partial charge in [0.15, 0.2) is 11.6 Å². The smallest absolute Gasteiger partial charge is 0.164 e. The molecule has 2 aromatic heterocycles. The number of hydrogen-bond acceptors (Lipinski definition) is 4. The quantitative estimate of drug-likeness (QED) is 0.150. The van der Waals surface area contributed by atoms with E-state index in [2.05, 4.69) is 127 Å². The Kier molecular flexibility index (Phi) is 9.59. The molecule has 0 aliphatic rings. The second-order valence-corrected chi connectivity index (χ2v) is 12.7. The summed E-state index contributed by atoms with van der Waals surface area (Å²) in [5.74, 6) is 1.80. The van der Waals surface area contributed by atoms with E-state index in [9.17, 15) is 0 Å². The van der Waals surface area contributed by atoms with Gasteiger partial charge in [-0.2, -0.15) is 0 Å². The van der Waals surface area contributed by atoms with Crippen molar-refractivity contribution in [1.82, 2.24) is 19.9 Å². The molecule has 0 N–H and O–H groups in total. The van der Waals surface area contributed by atoms with Gasteiger partial charge in [0.05, 0.1) is 0 Å². The molecule has 9 rings (SSSR count). The van der Waals surface area contributed by atoms with Crippen molar-refractivity contribution in [2.75, 3.05) is 0 Å². The summed E-state index contributed by atoms with van der Waals surface area (Å²) in [6, 6.07) is 66.1. The van der Waals surface area contributed by atoms with Crippen LogP contribution in [0, 0.1) is 6.07 Å². The summed E-state index contributed by atoms with van der Waals surface area (Å²) in [5, 5.41) is 2.20. The fourth-order valence-corrected chi connectivity index (χ4v) is 6.65. The van der Waals surface area contributed by atoms with Crippen LogP contribution in [0.1, 0.15) is 0 Å². The van der Waals surface area contributed by atoms with Gasteiger partial charge in [-0.25, -0.2) is 15.0 Å². The van der Waals surface area contributed by atoms with Gasteiger partial charge in [0, 0.05) is 37.4 Å². The molecule has 0 amide bonds. The van der Waals surface area contributed by atoms with Crippen LogP contribution < -0.4 is 0 Å². The number of hydrogen-bond donors (Lipinski definition) is 0. The van der Waals surface area contributed by atoms with Gasteiger partial charge in [0.1, 0.15) is 5.82 Å². The summed E-state index contributed by atoms with van der Waals surface area (Å²) in [5.41, 5.74) is 11.3. The second-order valence-electron chi connectivity index (χ2n) is 12.7. The molecule has 5 heteroatoms. The molecule has 0 unspecified atom stereocenters. The van der Waals surface area contributed by atoms with Crippen LogP contribution in [0.5, 0.6) is 0 Å². The Labute approximate surface area is 322 Å². The van der Waals surface area contributed by atoms with E-state index in [1.54, 1.807) is 0 Å². The Balaban J connectivity index is 0.00000400. The molecule has 4 nitrogen and oxygen atoms in total. The van der Waals surface area contributed by atoms with Crippen molar-refractivity contribution in [3.05, 3.63) is 194 Å². The van der Waals surface area contributed by atoms with E-state index >= 15 is 0 Å². The molecule has 253 valence electrons. The number of benzene rings is 7. The van der Waals surface area contributed by atoms with Gasteiger partial charge in [0.25, 0.3) is 0 Å². The van der Waals surface area contributed by atoms with E-state index in [0.717, 1.165) is 61.0 Å². The predicted molar refractivity (Wildman–Crippen MR) is 212 cm³/mol. The van der Waals surface area contributed by atoms with Crippen molar-refractivity contribution in [3.63, 3.8) is 0 Å². The first-order valence-corrected chi connectivity index (χ1v) is 17.3. The molecule has 0 fully saturated rings. The summed E-state index contributed by atoms with van der Waals surface area (Å²) < 4.78 is 0. The van der Waals surface area contributed by atoms with Crippen LogP contribution in [0.15, 0.2) is 188 Å². The van der Waals surface area contributed by atoms with Crippen LogP contribution in [0.25, 0.3) is 89.6 Å². The van der Waals surface area contributed by atoms with E-state index < -0.39 is 0 Å². The molecular formula is C48H31IrN4-. The fourth-order valence-electron chi connectivity index (χ4n) is 6.65. The Morgan fingerprint density at radius 3 is 1.47 bits per heavy atom. The molecule has 53 heavy (non-hydrogen) atoms. The zero-order valence-corrected chi connectivity index (χ0v) is 30.9. The summed E-state index contributed by atoms with van der Waals surface area (Å²) in [4.78, 5) is 19.9. The third-order valence-electron chi connectivity index (χ3n) is 9.26. The van der Waals surface area contributed by atoms with Gasteiger partial charge in [-0.05, 0) is 80.2 Å². The van der Waals surface area contributed by atoms with Crippen molar-refractivity contribution in [2.45, 2.75) is 0 Å². The SMILES string of the molecule is [Ir].[c-]1ccc(-c2nc(-c3ccccc3)nc(-c3cccc(-c4cc(-c5ccccc5)cc(-c5ccccc5)c4)c3)n2)cc1-c1nccc2ccccc12. The zero-order chi connectivity index (χ0) is 34.7. The number of fused-ring (bicyclic) bond motifs is 1. The molecule has 0 aliphatic heterocycles. The van der Waals surface area contributed by atoms with Crippen LogP contribution in [0.3, 0.4) is 0 Å². The van der Waals surface area contributed by atoms with Crippen molar-refractivity contribution in [3.8, 4) is 78.8 Å². The summed E-state index contributed by atoms with van der Waals surface area (Å²) in [7, 11) is 0. The molecule has 0 bridgehead atoms. The van der Waals surface area contributed by atoms with E-state index in [1.807, 2.05) is 66.9 Å². The number of pyridine rings is 1. The van der Waals surface area contributed by atoms with E-state index in [-0.39, 0.29) is 20.1 Å². The van der Waals surface area contributed by atoms with Crippen molar-refractivity contribution in [2.24, 2.45) is 0 Å². The largest absolute Gasteiger partial charge is 0.304 e. The average molecular weight is 856 g/mol. The van der Waals surface area contributed by atoms with Crippen molar-refractivity contribution < 1.29 is 20.1 Å². The van der Waals surface area contributed by atoms with E-state index in [4.69, 9.17) is 19.9 Å². The minimum absolute atomic E-state index is 0. The van der Waals surface area contributed by atoms with E-state index in [0.29, 0.717) is 17.5 Å². The van der Waals surface area contributed by atoms with Crippen molar-refractivity contribution in [1.29, 1.82) is 0 Å². The van der Waals surface area contributed by atoms with Crippen LogP contribution in [-0.2, 0) is 20.1 Å². The Hall–Kier alpha value is -6.39. The minimum Gasteiger partial charge on any atom is -0.304 e. The number of aromatic nitrogens is 4. The Morgan fingerprint density at radius 1 is 0.358 bits per heavy atom. The second kappa shape index (κ2) is 15.1. The van der Waals surface area contributed by atoms with Gasteiger partial charge in [-0.3, -0.25) is 0 Å². The maximum atomic E-state index is 5.11. The molecule has 0 atom stereocenters. The number of nitrogens with zero attached hydrogens (tertiary/aromatic N) is 4. The first kappa shape index (κ1) is 33.7. The maximum Gasteiger partial charge on any atom is 0.164 e. The Bertz CT molecular complexity index is 2620. The zero-order valence-electron chi connectivity index (χ0n) is 28.5. The van der Waals surface area contributed by atoms with Crippen LogP contribution in [0.4, 0.5) is 0 Å². The van der Waals surface area contributed by atoms with Gasteiger partial charge in [-0.1, -0.05) is 139 Å². The average Bonchev–Trinajstić information content (AvgIpc) is 3.24. The van der Waals surface area contributed by atoms with Gasteiger partial charge >= 0.3 is 0 Å². The molecule has 1 radical (unpaired) electrons. The first-order valence-electron chi connectivity index (χ1n) is 17.3. The monoisotopic (exact) mass is 856 g/mol. The fraction of sp³-hybridized carbons (Fsp3) is 0. The first-order chi connectivity index (χ1) is 25.7. The maximum absolute atomic E-state index is 5.11. The van der Waals surface area contributed by atoms with E-state index in [1.165, 1.54) is 11.1 Å². The topological polar surface area (TPSA) is 51.6 Å². The summed E-state index contributed by atoms with van der Waals surface area (Å²) in [6.45, 7) is 0. The minimum atomic E-state index is 0. The number of rotatable bonds is 7. The third kappa shape index (κ3) is 7.09. The third-order valence-corrected chi connectivity index (χ3v) is 9.26. The van der Waals surface area contributed by atoms with Gasteiger partial charge in [-0.15, -0.1) is 29.8 Å². The molecular weight excluding hydrogens is 825 g/mol.